The molecule has 86 valence electrons. The van der Waals surface area contributed by atoms with Crippen molar-refractivity contribution in [2.75, 3.05) is 0 Å². The lowest BCUT2D eigenvalue weighted by Gasteiger charge is -2.34. The SMILES string of the molecule is C=C1CCC[C@@]2(C)CC[C@@H](C(C)C)[C@@H]2C1. The van der Waals surface area contributed by atoms with E-state index < -0.39 is 0 Å². The van der Waals surface area contributed by atoms with Gasteiger partial charge in [-0.25, -0.2) is 0 Å². The molecule has 2 saturated carbocycles. The fraction of sp³-hybridized carbons (Fsp3) is 0.867. The summed E-state index contributed by atoms with van der Waals surface area (Å²) in [6, 6.07) is 0. The maximum atomic E-state index is 4.26. The first kappa shape index (κ1) is 11.2. The van der Waals surface area contributed by atoms with E-state index in [0.29, 0.717) is 5.41 Å². The van der Waals surface area contributed by atoms with Crippen LogP contribution in [0.4, 0.5) is 0 Å². The largest absolute Gasteiger partial charge is 0.0999 e. The highest BCUT2D eigenvalue weighted by atomic mass is 14.5. The lowest BCUT2D eigenvalue weighted by Crippen LogP contribution is -2.26. The Morgan fingerprint density at radius 2 is 2.07 bits per heavy atom. The molecule has 0 aromatic heterocycles. The molecule has 0 heteroatoms. The molecule has 3 atom stereocenters. The third-order valence-corrected chi connectivity index (χ3v) is 5.10. The predicted molar refractivity (Wildman–Crippen MR) is 66.8 cm³/mol. The van der Waals surface area contributed by atoms with Gasteiger partial charge in [0.15, 0.2) is 0 Å². The second-order valence-electron chi connectivity index (χ2n) is 6.51. The second-order valence-corrected chi connectivity index (χ2v) is 6.51. The number of hydrogen-bond acceptors (Lipinski definition) is 0. The Bertz CT molecular complexity index is 251. The molecule has 15 heavy (non-hydrogen) atoms. The Morgan fingerprint density at radius 1 is 1.33 bits per heavy atom. The molecule has 0 amide bonds. The highest BCUT2D eigenvalue weighted by Crippen LogP contribution is 2.56. The van der Waals surface area contributed by atoms with Crippen LogP contribution < -0.4 is 0 Å². The normalized spacial score (nSPS) is 41.7. The molecule has 0 heterocycles. The third kappa shape index (κ3) is 2.00. The number of hydrogen-bond donors (Lipinski definition) is 0. The van der Waals surface area contributed by atoms with Crippen LogP contribution in [0.2, 0.25) is 0 Å². The zero-order chi connectivity index (χ0) is 11.1. The summed E-state index contributed by atoms with van der Waals surface area (Å²) in [5, 5.41) is 0. The van der Waals surface area contributed by atoms with Gasteiger partial charge in [0.05, 0.1) is 0 Å². The summed E-state index contributed by atoms with van der Waals surface area (Å²) in [7, 11) is 0. The summed E-state index contributed by atoms with van der Waals surface area (Å²) in [6.07, 6.45) is 8.37. The van der Waals surface area contributed by atoms with Gasteiger partial charge in [0, 0.05) is 0 Å². The van der Waals surface area contributed by atoms with Gasteiger partial charge in [-0.1, -0.05) is 32.9 Å². The average Bonchev–Trinajstić information content (AvgIpc) is 2.37. The fourth-order valence-electron chi connectivity index (χ4n) is 4.06. The van der Waals surface area contributed by atoms with E-state index in [1.807, 2.05) is 0 Å². The van der Waals surface area contributed by atoms with Crippen molar-refractivity contribution in [1.82, 2.24) is 0 Å². The van der Waals surface area contributed by atoms with Crippen LogP contribution in [0.15, 0.2) is 12.2 Å². The molecule has 0 aromatic carbocycles. The monoisotopic (exact) mass is 206 g/mol. The van der Waals surface area contributed by atoms with Crippen molar-refractivity contribution < 1.29 is 0 Å². The zero-order valence-electron chi connectivity index (χ0n) is 10.7. The first-order valence-electron chi connectivity index (χ1n) is 6.69. The second kappa shape index (κ2) is 3.96. The molecule has 0 radical (unpaired) electrons. The van der Waals surface area contributed by atoms with Crippen molar-refractivity contribution >= 4 is 0 Å². The van der Waals surface area contributed by atoms with E-state index in [1.165, 1.54) is 44.1 Å². The fourth-order valence-corrected chi connectivity index (χ4v) is 4.06. The standard InChI is InChI=1S/C15H26/c1-11(2)13-7-9-15(4)8-5-6-12(3)10-14(13)15/h11,13-14H,3,5-10H2,1-2,4H3/t13-,14-,15-/m0/s1. The summed E-state index contributed by atoms with van der Waals surface area (Å²) in [6.45, 7) is 11.6. The van der Waals surface area contributed by atoms with Crippen LogP contribution in [0.1, 0.15) is 59.3 Å². The van der Waals surface area contributed by atoms with Crippen LogP contribution >= 0.6 is 0 Å². The molecule has 0 spiro atoms. The van der Waals surface area contributed by atoms with Crippen LogP contribution in [-0.2, 0) is 0 Å². The van der Waals surface area contributed by atoms with Crippen LogP contribution in [0, 0.1) is 23.2 Å². The van der Waals surface area contributed by atoms with Gasteiger partial charge in [0.2, 0.25) is 0 Å². The molecule has 0 aromatic rings. The van der Waals surface area contributed by atoms with E-state index in [0.717, 1.165) is 17.8 Å². The molecule has 2 aliphatic carbocycles. The Kier molecular flexibility index (Phi) is 2.96. The van der Waals surface area contributed by atoms with Gasteiger partial charge in [-0.2, -0.15) is 0 Å². The molecule has 0 aliphatic heterocycles. The van der Waals surface area contributed by atoms with Crippen LogP contribution in [-0.4, -0.2) is 0 Å². The Hall–Kier alpha value is -0.260. The van der Waals surface area contributed by atoms with Gasteiger partial charge in [0.25, 0.3) is 0 Å². The van der Waals surface area contributed by atoms with Gasteiger partial charge >= 0.3 is 0 Å². The number of rotatable bonds is 1. The van der Waals surface area contributed by atoms with E-state index in [4.69, 9.17) is 0 Å². The predicted octanol–water partition coefficient (Wildman–Crippen LogP) is 4.81. The minimum Gasteiger partial charge on any atom is -0.0999 e. The van der Waals surface area contributed by atoms with E-state index in [9.17, 15) is 0 Å². The summed E-state index contributed by atoms with van der Waals surface area (Å²) in [5.41, 5.74) is 2.17. The highest BCUT2D eigenvalue weighted by Gasteiger charge is 2.46. The first-order chi connectivity index (χ1) is 7.03. The molecule has 0 saturated heterocycles. The van der Waals surface area contributed by atoms with Gasteiger partial charge in [-0.15, -0.1) is 0 Å². The van der Waals surface area contributed by atoms with E-state index in [1.54, 1.807) is 0 Å². The van der Waals surface area contributed by atoms with Crippen molar-refractivity contribution in [1.29, 1.82) is 0 Å². The molecular weight excluding hydrogens is 180 g/mol. The smallest absolute Gasteiger partial charge is 0.0287 e. The van der Waals surface area contributed by atoms with Crippen molar-refractivity contribution in [3.8, 4) is 0 Å². The number of fused-ring (bicyclic) bond motifs is 1. The average molecular weight is 206 g/mol. The molecular formula is C15H26. The minimum absolute atomic E-state index is 0.647. The Labute approximate surface area is 95.1 Å². The lowest BCUT2D eigenvalue weighted by molar-refractivity contribution is 0.161. The molecule has 0 unspecified atom stereocenters. The maximum Gasteiger partial charge on any atom is -0.0287 e. The van der Waals surface area contributed by atoms with E-state index in [2.05, 4.69) is 27.4 Å². The van der Waals surface area contributed by atoms with Crippen molar-refractivity contribution in [2.24, 2.45) is 23.2 Å². The first-order valence-corrected chi connectivity index (χ1v) is 6.69. The van der Waals surface area contributed by atoms with Crippen molar-refractivity contribution in [3.63, 3.8) is 0 Å². The number of allylic oxidation sites excluding steroid dienone is 1. The van der Waals surface area contributed by atoms with E-state index >= 15 is 0 Å². The summed E-state index contributed by atoms with van der Waals surface area (Å²) < 4.78 is 0. The summed E-state index contributed by atoms with van der Waals surface area (Å²) in [5.74, 6) is 2.76. The molecule has 0 bridgehead atoms. The van der Waals surface area contributed by atoms with E-state index in [-0.39, 0.29) is 0 Å². The quantitative estimate of drug-likeness (QED) is 0.540. The van der Waals surface area contributed by atoms with Crippen LogP contribution in [0.25, 0.3) is 0 Å². The summed E-state index contributed by atoms with van der Waals surface area (Å²) >= 11 is 0. The lowest BCUT2D eigenvalue weighted by atomic mass is 9.71. The Balaban J connectivity index is 2.20. The molecule has 0 N–H and O–H groups in total. The van der Waals surface area contributed by atoms with Gasteiger partial charge in [-0.3, -0.25) is 0 Å². The van der Waals surface area contributed by atoms with Gasteiger partial charge in [-0.05, 0) is 61.7 Å². The van der Waals surface area contributed by atoms with Crippen LogP contribution in [0.5, 0.6) is 0 Å². The highest BCUT2D eigenvalue weighted by molar-refractivity contribution is 5.06. The summed E-state index contributed by atoms with van der Waals surface area (Å²) in [4.78, 5) is 0. The van der Waals surface area contributed by atoms with Crippen molar-refractivity contribution in [3.05, 3.63) is 12.2 Å². The van der Waals surface area contributed by atoms with Crippen LogP contribution in [0.3, 0.4) is 0 Å². The maximum absolute atomic E-state index is 4.26. The topological polar surface area (TPSA) is 0 Å². The minimum atomic E-state index is 0.647. The third-order valence-electron chi connectivity index (χ3n) is 5.10. The zero-order valence-corrected chi connectivity index (χ0v) is 10.7. The van der Waals surface area contributed by atoms with Crippen molar-refractivity contribution in [2.45, 2.75) is 59.3 Å². The van der Waals surface area contributed by atoms with Gasteiger partial charge in [0.1, 0.15) is 0 Å². The Morgan fingerprint density at radius 3 is 2.73 bits per heavy atom. The molecule has 2 aliphatic rings. The molecule has 2 fully saturated rings. The molecule has 2 rings (SSSR count). The van der Waals surface area contributed by atoms with Gasteiger partial charge < -0.3 is 0 Å². The molecule has 0 nitrogen and oxygen atoms in total.